The van der Waals surface area contributed by atoms with Crippen molar-refractivity contribution in [2.24, 2.45) is 0 Å². The maximum absolute atomic E-state index is 3.73. The van der Waals surface area contributed by atoms with Gasteiger partial charge in [-0.2, -0.15) is 0 Å². The summed E-state index contributed by atoms with van der Waals surface area (Å²) in [5.74, 6) is 0. The summed E-state index contributed by atoms with van der Waals surface area (Å²) in [6, 6.07) is 9.10. The van der Waals surface area contributed by atoms with Crippen molar-refractivity contribution in [2.45, 2.75) is 65.0 Å². The van der Waals surface area contributed by atoms with Gasteiger partial charge in [-0.1, -0.05) is 32.9 Å². The summed E-state index contributed by atoms with van der Waals surface area (Å²) in [7, 11) is 0. The minimum Gasteiger partial charge on any atom is -0.368 e. The van der Waals surface area contributed by atoms with Crippen LogP contribution in [-0.4, -0.2) is 24.2 Å². The van der Waals surface area contributed by atoms with Crippen LogP contribution in [0.2, 0.25) is 0 Å². The maximum atomic E-state index is 3.73. The Labute approximate surface area is 124 Å². The first-order valence-electron chi connectivity index (χ1n) is 7.63. The van der Waals surface area contributed by atoms with Crippen LogP contribution < -0.4 is 10.2 Å². The molecule has 1 saturated heterocycles. The second-order valence-corrected chi connectivity index (χ2v) is 8.55. The van der Waals surface area contributed by atoms with Gasteiger partial charge in [0.2, 0.25) is 0 Å². The van der Waals surface area contributed by atoms with Crippen molar-refractivity contribution < 1.29 is 0 Å². The van der Waals surface area contributed by atoms with E-state index >= 15 is 0 Å². The molecule has 1 N–H and O–H groups in total. The summed E-state index contributed by atoms with van der Waals surface area (Å²) in [6.07, 6.45) is 0. The van der Waals surface area contributed by atoms with Crippen LogP contribution in [0.1, 0.15) is 54.0 Å². The normalized spacial score (nSPS) is 21.9. The molecule has 1 aliphatic heterocycles. The van der Waals surface area contributed by atoms with Gasteiger partial charge in [0.25, 0.3) is 0 Å². The van der Waals surface area contributed by atoms with Crippen LogP contribution in [-0.2, 0) is 5.41 Å². The highest BCUT2D eigenvalue weighted by molar-refractivity contribution is 5.50. The summed E-state index contributed by atoms with van der Waals surface area (Å²) >= 11 is 0. The molecule has 0 spiro atoms. The molecule has 2 heteroatoms. The fourth-order valence-corrected chi connectivity index (χ4v) is 3.36. The highest BCUT2D eigenvalue weighted by atomic mass is 15.3. The van der Waals surface area contributed by atoms with Gasteiger partial charge in [0.05, 0.1) is 0 Å². The Morgan fingerprint density at radius 2 is 1.35 bits per heavy atom. The van der Waals surface area contributed by atoms with Gasteiger partial charge < -0.3 is 10.2 Å². The monoisotopic (exact) mass is 274 g/mol. The van der Waals surface area contributed by atoms with Gasteiger partial charge in [0.15, 0.2) is 0 Å². The molecule has 1 heterocycles. The molecule has 2 rings (SSSR count). The van der Waals surface area contributed by atoms with Gasteiger partial charge in [0.1, 0.15) is 0 Å². The van der Waals surface area contributed by atoms with Crippen LogP contribution in [0, 0.1) is 0 Å². The summed E-state index contributed by atoms with van der Waals surface area (Å²) in [4.78, 5) is 2.50. The molecule has 1 aromatic rings. The zero-order chi connectivity index (χ0) is 15.2. The lowest BCUT2D eigenvalue weighted by Gasteiger charge is -2.49. The Bertz CT molecular complexity index is 447. The molecule has 0 aromatic heterocycles. The number of anilines is 1. The molecule has 1 aromatic carbocycles. The number of benzene rings is 1. The predicted molar refractivity (Wildman–Crippen MR) is 88.6 cm³/mol. The van der Waals surface area contributed by atoms with E-state index in [4.69, 9.17) is 0 Å². The van der Waals surface area contributed by atoms with Crippen LogP contribution in [0.15, 0.2) is 24.3 Å². The molecule has 0 bridgehead atoms. The topological polar surface area (TPSA) is 15.3 Å². The molecule has 0 saturated carbocycles. The van der Waals surface area contributed by atoms with Crippen LogP contribution in [0.3, 0.4) is 0 Å². The van der Waals surface area contributed by atoms with E-state index < -0.39 is 0 Å². The van der Waals surface area contributed by atoms with E-state index in [9.17, 15) is 0 Å². The smallest absolute Gasteiger partial charge is 0.0367 e. The number of hydrogen-bond acceptors (Lipinski definition) is 2. The van der Waals surface area contributed by atoms with Crippen molar-refractivity contribution in [1.29, 1.82) is 0 Å². The molecule has 1 fully saturated rings. The SMILES string of the molecule is CC1(C)CN(c2ccc(C(C)(C)C)cc2)CC(C)(C)N1. The van der Waals surface area contributed by atoms with Crippen molar-refractivity contribution >= 4 is 5.69 Å². The van der Waals surface area contributed by atoms with E-state index in [0.717, 1.165) is 13.1 Å². The Morgan fingerprint density at radius 3 is 1.75 bits per heavy atom. The quantitative estimate of drug-likeness (QED) is 0.834. The average molecular weight is 274 g/mol. The van der Waals surface area contributed by atoms with Gasteiger partial charge in [-0.25, -0.2) is 0 Å². The second-order valence-electron chi connectivity index (χ2n) is 8.55. The van der Waals surface area contributed by atoms with Gasteiger partial charge in [-0.15, -0.1) is 0 Å². The number of nitrogens with zero attached hydrogens (tertiary/aromatic N) is 1. The lowest BCUT2D eigenvalue weighted by Crippen LogP contribution is -2.66. The Hall–Kier alpha value is -1.02. The van der Waals surface area contributed by atoms with Crippen molar-refractivity contribution in [3.8, 4) is 0 Å². The van der Waals surface area contributed by atoms with Crippen molar-refractivity contribution in [2.75, 3.05) is 18.0 Å². The van der Waals surface area contributed by atoms with Crippen molar-refractivity contribution in [1.82, 2.24) is 5.32 Å². The van der Waals surface area contributed by atoms with Gasteiger partial charge in [0, 0.05) is 29.9 Å². The Balaban J connectivity index is 2.23. The summed E-state index contributed by atoms with van der Waals surface area (Å²) in [5, 5.41) is 3.73. The molecule has 20 heavy (non-hydrogen) atoms. The third kappa shape index (κ3) is 3.54. The number of nitrogens with one attached hydrogen (secondary N) is 1. The van der Waals surface area contributed by atoms with Crippen molar-refractivity contribution in [3.05, 3.63) is 29.8 Å². The minimum atomic E-state index is 0.143. The first kappa shape index (κ1) is 15.4. The fraction of sp³-hybridized carbons (Fsp3) is 0.667. The van der Waals surface area contributed by atoms with E-state index in [0.29, 0.717) is 0 Å². The Morgan fingerprint density at radius 1 is 0.900 bits per heavy atom. The molecular formula is C18H30N2. The largest absolute Gasteiger partial charge is 0.368 e. The van der Waals surface area contributed by atoms with Gasteiger partial charge in [-0.3, -0.25) is 0 Å². The third-order valence-corrected chi connectivity index (χ3v) is 3.95. The second kappa shape index (κ2) is 4.77. The first-order chi connectivity index (χ1) is 8.99. The van der Waals surface area contributed by atoms with Crippen LogP contribution >= 0.6 is 0 Å². The zero-order valence-corrected chi connectivity index (χ0v) is 14.2. The average Bonchev–Trinajstić information content (AvgIpc) is 2.24. The van der Waals surface area contributed by atoms with E-state index in [1.165, 1.54) is 11.3 Å². The zero-order valence-electron chi connectivity index (χ0n) is 14.2. The van der Waals surface area contributed by atoms with Crippen molar-refractivity contribution in [3.63, 3.8) is 0 Å². The predicted octanol–water partition coefficient (Wildman–Crippen LogP) is 3.95. The molecule has 0 radical (unpaired) electrons. The number of hydrogen-bond donors (Lipinski definition) is 1. The molecule has 0 unspecified atom stereocenters. The molecular weight excluding hydrogens is 244 g/mol. The third-order valence-electron chi connectivity index (χ3n) is 3.95. The highest BCUT2D eigenvalue weighted by Gasteiger charge is 2.36. The molecule has 112 valence electrons. The van der Waals surface area contributed by atoms with Crippen LogP contribution in [0.4, 0.5) is 5.69 Å². The lowest BCUT2D eigenvalue weighted by molar-refractivity contribution is 0.226. The van der Waals surface area contributed by atoms with Gasteiger partial charge in [-0.05, 0) is 50.8 Å². The lowest BCUT2D eigenvalue weighted by atomic mass is 9.86. The minimum absolute atomic E-state index is 0.143. The Kier molecular flexibility index (Phi) is 3.66. The van der Waals surface area contributed by atoms with E-state index in [1.54, 1.807) is 0 Å². The number of rotatable bonds is 1. The first-order valence-corrected chi connectivity index (χ1v) is 7.63. The summed E-state index contributed by atoms with van der Waals surface area (Å²) in [6.45, 7) is 18.0. The molecule has 0 aliphatic carbocycles. The molecule has 1 aliphatic rings. The maximum Gasteiger partial charge on any atom is 0.0367 e. The standard InChI is InChI=1S/C18H30N2/c1-16(2,3)14-8-10-15(11-9-14)20-12-17(4,5)19-18(6,7)13-20/h8-11,19H,12-13H2,1-7H3. The molecule has 2 nitrogen and oxygen atoms in total. The van der Waals surface area contributed by atoms with E-state index in [1.807, 2.05) is 0 Å². The van der Waals surface area contributed by atoms with Gasteiger partial charge >= 0.3 is 0 Å². The summed E-state index contributed by atoms with van der Waals surface area (Å²) < 4.78 is 0. The van der Waals surface area contributed by atoms with Crippen LogP contribution in [0.5, 0.6) is 0 Å². The molecule has 0 amide bonds. The fourth-order valence-electron chi connectivity index (χ4n) is 3.36. The number of piperazine rings is 1. The summed E-state index contributed by atoms with van der Waals surface area (Å²) in [5.41, 5.74) is 3.24. The van der Waals surface area contributed by atoms with E-state index in [2.05, 4.69) is 82.9 Å². The highest BCUT2D eigenvalue weighted by Crippen LogP contribution is 2.29. The van der Waals surface area contributed by atoms with Crippen LogP contribution in [0.25, 0.3) is 0 Å². The molecule has 0 atom stereocenters. The van der Waals surface area contributed by atoms with E-state index in [-0.39, 0.29) is 16.5 Å².